The van der Waals surface area contributed by atoms with Crippen LogP contribution in [0.1, 0.15) is 29.9 Å². The number of rotatable bonds is 8. The van der Waals surface area contributed by atoms with Crippen LogP contribution in [0, 0.1) is 11.7 Å². The molecular weight excluding hydrogens is 401 g/mol. The van der Waals surface area contributed by atoms with Gasteiger partial charge in [-0.15, -0.1) is 0 Å². The zero-order valence-electron chi connectivity index (χ0n) is 17.2. The largest absolute Gasteiger partial charge is 0.356 e. The molecule has 0 bridgehead atoms. The molecule has 1 saturated carbocycles. The summed E-state index contributed by atoms with van der Waals surface area (Å²) >= 11 is 6.15. The first kappa shape index (κ1) is 21.3. The van der Waals surface area contributed by atoms with Crippen LogP contribution in [0.5, 0.6) is 0 Å². The summed E-state index contributed by atoms with van der Waals surface area (Å²) in [4.78, 5) is 17.0. The third-order valence-electron chi connectivity index (χ3n) is 6.21. The van der Waals surface area contributed by atoms with E-state index >= 15 is 0 Å². The number of carbonyl (C=O) groups is 1. The number of benzene rings is 2. The highest BCUT2D eigenvalue weighted by atomic mass is 35.5. The van der Waals surface area contributed by atoms with Crippen LogP contribution in [0.2, 0.25) is 5.02 Å². The predicted octanol–water partition coefficient (Wildman–Crippen LogP) is 3.91. The molecule has 2 aromatic rings. The summed E-state index contributed by atoms with van der Waals surface area (Å²) < 4.78 is 14.0. The van der Waals surface area contributed by atoms with E-state index in [0.29, 0.717) is 23.0 Å². The molecule has 2 atom stereocenters. The highest BCUT2D eigenvalue weighted by molar-refractivity contribution is 6.31. The fraction of sp³-hybridized carbons (Fsp3) is 0.458. The quantitative estimate of drug-likeness (QED) is 0.646. The number of nitrogens with one attached hydrogen (secondary N) is 1. The summed E-state index contributed by atoms with van der Waals surface area (Å²) in [5, 5.41) is 3.60. The van der Waals surface area contributed by atoms with Crippen LogP contribution in [-0.4, -0.2) is 55.0 Å². The van der Waals surface area contributed by atoms with Crippen LogP contribution in [0.4, 0.5) is 4.39 Å². The standard InChI is InChI=1S/C24H29ClFN3O/c25-22-8-4-9-23(26)21(22)17-29-14-12-28(13-15-29)11-5-10-27-24(30)20-16-19(20)18-6-2-1-3-7-18/h1-4,6-9,19-20H,5,10-17H2,(H,27,30). The molecule has 1 aliphatic heterocycles. The summed E-state index contributed by atoms with van der Waals surface area (Å²) in [5.74, 6) is 0.490. The Morgan fingerprint density at radius 2 is 1.77 bits per heavy atom. The number of halogens is 2. The molecular formula is C24H29ClFN3O. The van der Waals surface area contributed by atoms with Gasteiger partial charge in [0.1, 0.15) is 5.82 Å². The molecule has 0 aromatic heterocycles. The Hall–Kier alpha value is -1.95. The summed E-state index contributed by atoms with van der Waals surface area (Å²) in [6, 6.07) is 15.2. The van der Waals surface area contributed by atoms with Crippen molar-refractivity contribution < 1.29 is 9.18 Å². The minimum Gasteiger partial charge on any atom is -0.356 e. The van der Waals surface area contributed by atoms with Gasteiger partial charge >= 0.3 is 0 Å². The highest BCUT2D eigenvalue weighted by Gasteiger charge is 2.43. The first-order chi connectivity index (χ1) is 14.6. The summed E-state index contributed by atoms with van der Waals surface area (Å²) in [6.07, 6.45) is 1.91. The summed E-state index contributed by atoms with van der Waals surface area (Å²) in [7, 11) is 0. The van der Waals surface area contributed by atoms with E-state index < -0.39 is 0 Å². The third-order valence-corrected chi connectivity index (χ3v) is 6.57. The van der Waals surface area contributed by atoms with Crippen LogP contribution in [0.25, 0.3) is 0 Å². The van der Waals surface area contributed by atoms with E-state index in [9.17, 15) is 9.18 Å². The van der Waals surface area contributed by atoms with Gasteiger partial charge < -0.3 is 10.2 Å². The number of hydrogen-bond donors (Lipinski definition) is 1. The predicted molar refractivity (Wildman–Crippen MR) is 118 cm³/mol. The molecule has 1 heterocycles. The van der Waals surface area contributed by atoms with E-state index in [2.05, 4.69) is 27.2 Å². The lowest BCUT2D eigenvalue weighted by atomic mass is 10.1. The van der Waals surface area contributed by atoms with Crippen molar-refractivity contribution in [1.82, 2.24) is 15.1 Å². The smallest absolute Gasteiger partial charge is 0.223 e. The van der Waals surface area contributed by atoms with Gasteiger partial charge in [0, 0.05) is 55.8 Å². The molecule has 0 spiro atoms. The van der Waals surface area contributed by atoms with E-state index in [1.165, 1.54) is 11.6 Å². The number of piperazine rings is 1. The Kier molecular flexibility index (Phi) is 7.03. The van der Waals surface area contributed by atoms with Gasteiger partial charge in [-0.05, 0) is 43.0 Å². The maximum absolute atomic E-state index is 14.0. The van der Waals surface area contributed by atoms with Gasteiger partial charge in [0.2, 0.25) is 5.91 Å². The molecule has 30 heavy (non-hydrogen) atoms. The normalized spacial score (nSPS) is 22.1. The SMILES string of the molecule is O=C(NCCCN1CCN(Cc2c(F)cccc2Cl)CC1)C1CC1c1ccccc1. The van der Waals surface area contributed by atoms with E-state index in [1.807, 2.05) is 18.2 Å². The van der Waals surface area contributed by atoms with E-state index in [1.54, 1.807) is 12.1 Å². The number of carbonyl (C=O) groups excluding carboxylic acids is 1. The lowest BCUT2D eigenvalue weighted by Crippen LogP contribution is -2.46. The van der Waals surface area contributed by atoms with Gasteiger partial charge in [0.15, 0.2) is 0 Å². The van der Waals surface area contributed by atoms with Crippen molar-refractivity contribution in [2.75, 3.05) is 39.3 Å². The molecule has 1 N–H and O–H groups in total. The molecule has 2 aromatic carbocycles. The van der Waals surface area contributed by atoms with Crippen molar-refractivity contribution in [1.29, 1.82) is 0 Å². The van der Waals surface area contributed by atoms with Crippen molar-refractivity contribution >= 4 is 17.5 Å². The topological polar surface area (TPSA) is 35.6 Å². The van der Waals surface area contributed by atoms with Crippen LogP contribution < -0.4 is 5.32 Å². The van der Waals surface area contributed by atoms with Crippen LogP contribution in [0.3, 0.4) is 0 Å². The average Bonchev–Trinajstić information content (AvgIpc) is 3.57. The van der Waals surface area contributed by atoms with Crippen molar-refractivity contribution in [2.24, 2.45) is 5.92 Å². The second-order valence-corrected chi connectivity index (χ2v) is 8.73. The molecule has 2 unspecified atom stereocenters. The maximum Gasteiger partial charge on any atom is 0.223 e. The zero-order valence-corrected chi connectivity index (χ0v) is 18.0. The van der Waals surface area contributed by atoms with E-state index in [4.69, 9.17) is 11.6 Å². The lowest BCUT2D eigenvalue weighted by molar-refractivity contribution is -0.122. The zero-order chi connectivity index (χ0) is 20.9. The van der Waals surface area contributed by atoms with Gasteiger partial charge in [-0.2, -0.15) is 0 Å². The molecule has 2 fully saturated rings. The van der Waals surface area contributed by atoms with Crippen molar-refractivity contribution in [2.45, 2.75) is 25.3 Å². The summed E-state index contributed by atoms with van der Waals surface area (Å²) in [5.41, 5.74) is 1.86. The molecule has 4 nitrogen and oxygen atoms in total. The molecule has 6 heteroatoms. The van der Waals surface area contributed by atoms with E-state index in [-0.39, 0.29) is 17.6 Å². The molecule has 1 saturated heterocycles. The first-order valence-electron chi connectivity index (χ1n) is 10.8. The molecule has 4 rings (SSSR count). The summed E-state index contributed by atoms with van der Waals surface area (Å²) in [6.45, 7) is 5.97. The monoisotopic (exact) mass is 429 g/mol. The van der Waals surface area contributed by atoms with E-state index in [0.717, 1.165) is 52.1 Å². The molecule has 1 amide bonds. The number of nitrogens with zero attached hydrogens (tertiary/aromatic N) is 2. The number of hydrogen-bond acceptors (Lipinski definition) is 3. The third kappa shape index (κ3) is 5.39. The van der Waals surface area contributed by atoms with Gasteiger partial charge in [-0.25, -0.2) is 4.39 Å². The Labute approximate surface area is 183 Å². The second kappa shape index (κ2) is 9.90. The maximum atomic E-state index is 14.0. The molecule has 160 valence electrons. The lowest BCUT2D eigenvalue weighted by Gasteiger charge is -2.34. The Morgan fingerprint density at radius 3 is 2.50 bits per heavy atom. The van der Waals surface area contributed by atoms with Gasteiger partial charge in [0.05, 0.1) is 0 Å². The highest BCUT2D eigenvalue weighted by Crippen LogP contribution is 2.47. The fourth-order valence-electron chi connectivity index (χ4n) is 4.28. The molecule has 2 aliphatic rings. The van der Waals surface area contributed by atoms with Crippen molar-refractivity contribution in [3.63, 3.8) is 0 Å². The van der Waals surface area contributed by atoms with Crippen LogP contribution >= 0.6 is 11.6 Å². The Balaban J connectivity index is 1.11. The van der Waals surface area contributed by atoms with Crippen LogP contribution in [-0.2, 0) is 11.3 Å². The minimum atomic E-state index is -0.231. The van der Waals surface area contributed by atoms with Gasteiger partial charge in [0.25, 0.3) is 0 Å². The molecule has 1 aliphatic carbocycles. The van der Waals surface area contributed by atoms with Crippen molar-refractivity contribution in [3.8, 4) is 0 Å². The second-order valence-electron chi connectivity index (χ2n) is 8.32. The first-order valence-corrected chi connectivity index (χ1v) is 11.2. The number of amides is 1. The average molecular weight is 430 g/mol. The van der Waals surface area contributed by atoms with Gasteiger partial charge in [-0.3, -0.25) is 9.69 Å². The minimum absolute atomic E-state index is 0.140. The Morgan fingerprint density at radius 1 is 1.03 bits per heavy atom. The van der Waals surface area contributed by atoms with Crippen molar-refractivity contribution in [3.05, 3.63) is 70.5 Å². The fourth-order valence-corrected chi connectivity index (χ4v) is 4.50. The Bertz CT molecular complexity index is 835. The van der Waals surface area contributed by atoms with Crippen LogP contribution in [0.15, 0.2) is 48.5 Å². The van der Waals surface area contributed by atoms with Gasteiger partial charge in [-0.1, -0.05) is 48.0 Å². The molecule has 0 radical (unpaired) electrons.